The van der Waals surface area contributed by atoms with Crippen LogP contribution in [0.2, 0.25) is 0 Å². The molecule has 0 N–H and O–H groups in total. The maximum absolute atomic E-state index is 13.0. The number of carbonyl (C=O) groups is 1. The quantitative estimate of drug-likeness (QED) is 0.786. The molecule has 7 heteroatoms. The molecule has 0 aliphatic rings. The molecular formula is C17H17F3N2OS. The average Bonchev–Trinajstić information content (AvgIpc) is 2.55. The van der Waals surface area contributed by atoms with Gasteiger partial charge in [-0.1, -0.05) is 24.3 Å². The lowest BCUT2D eigenvalue weighted by atomic mass is 10.1. The number of thioether (sulfide) groups is 1. The van der Waals surface area contributed by atoms with Gasteiger partial charge in [0, 0.05) is 31.7 Å². The second-order valence-electron chi connectivity index (χ2n) is 5.26. The smallest absolute Gasteiger partial charge is 0.341 e. The molecule has 1 heterocycles. The highest BCUT2D eigenvalue weighted by atomic mass is 32.2. The Morgan fingerprint density at radius 2 is 1.96 bits per heavy atom. The first kappa shape index (κ1) is 18.3. The third-order valence-electron chi connectivity index (χ3n) is 3.37. The summed E-state index contributed by atoms with van der Waals surface area (Å²) in [5, 5.41) is 0. The SMILES string of the molecule is CN(Cc1ccccc1C(F)(F)F)C(=O)CSCc1cccnc1. The Morgan fingerprint density at radius 1 is 1.21 bits per heavy atom. The van der Waals surface area contributed by atoms with Gasteiger partial charge in [-0.05, 0) is 23.3 Å². The van der Waals surface area contributed by atoms with Gasteiger partial charge in [0.25, 0.3) is 0 Å². The zero-order chi connectivity index (χ0) is 17.6. The highest BCUT2D eigenvalue weighted by molar-refractivity contribution is 7.99. The largest absolute Gasteiger partial charge is 0.416 e. The molecule has 1 aromatic heterocycles. The summed E-state index contributed by atoms with van der Waals surface area (Å²) >= 11 is 1.41. The van der Waals surface area contributed by atoms with Crippen molar-refractivity contribution in [2.24, 2.45) is 0 Å². The first-order chi connectivity index (χ1) is 11.4. The van der Waals surface area contributed by atoms with Crippen LogP contribution in [0.1, 0.15) is 16.7 Å². The minimum atomic E-state index is -4.42. The highest BCUT2D eigenvalue weighted by Gasteiger charge is 2.33. The summed E-state index contributed by atoms with van der Waals surface area (Å²) < 4.78 is 38.9. The molecule has 3 nitrogen and oxygen atoms in total. The van der Waals surface area contributed by atoms with Gasteiger partial charge >= 0.3 is 6.18 Å². The van der Waals surface area contributed by atoms with E-state index in [0.29, 0.717) is 5.75 Å². The Balaban J connectivity index is 1.90. The van der Waals surface area contributed by atoms with E-state index in [0.717, 1.165) is 11.6 Å². The number of rotatable bonds is 6. The van der Waals surface area contributed by atoms with Crippen LogP contribution in [-0.2, 0) is 23.3 Å². The van der Waals surface area contributed by atoms with Crippen LogP contribution in [0.15, 0.2) is 48.8 Å². The van der Waals surface area contributed by atoms with Crippen LogP contribution in [-0.4, -0.2) is 28.6 Å². The highest BCUT2D eigenvalue weighted by Crippen LogP contribution is 2.32. The van der Waals surface area contributed by atoms with Gasteiger partial charge in [0.1, 0.15) is 0 Å². The van der Waals surface area contributed by atoms with Crippen molar-refractivity contribution in [3.63, 3.8) is 0 Å². The predicted molar refractivity (Wildman–Crippen MR) is 88.3 cm³/mol. The fraction of sp³-hybridized carbons (Fsp3) is 0.294. The Bertz CT molecular complexity index is 677. The molecule has 0 radical (unpaired) electrons. The Morgan fingerprint density at radius 3 is 2.62 bits per heavy atom. The molecule has 0 unspecified atom stereocenters. The van der Waals surface area contributed by atoms with Gasteiger partial charge in [-0.2, -0.15) is 13.2 Å². The third kappa shape index (κ3) is 5.26. The van der Waals surface area contributed by atoms with Gasteiger partial charge in [-0.15, -0.1) is 11.8 Å². The number of pyridine rings is 1. The van der Waals surface area contributed by atoms with Crippen molar-refractivity contribution < 1.29 is 18.0 Å². The summed E-state index contributed by atoms with van der Waals surface area (Å²) in [4.78, 5) is 17.4. The molecule has 0 aliphatic heterocycles. The van der Waals surface area contributed by atoms with Crippen LogP contribution in [0, 0.1) is 0 Å². The molecule has 0 fully saturated rings. The lowest BCUT2D eigenvalue weighted by molar-refractivity contribution is -0.139. The summed E-state index contributed by atoms with van der Waals surface area (Å²) in [6, 6.07) is 9.05. The fourth-order valence-corrected chi connectivity index (χ4v) is 3.03. The summed E-state index contributed by atoms with van der Waals surface area (Å²) in [5.41, 5.74) is 0.395. The number of carbonyl (C=O) groups excluding carboxylic acids is 1. The van der Waals surface area contributed by atoms with Gasteiger partial charge in [0.15, 0.2) is 0 Å². The molecular weight excluding hydrogens is 337 g/mol. The summed E-state index contributed by atoms with van der Waals surface area (Å²) in [6.07, 6.45) is -1.03. The van der Waals surface area contributed by atoms with Crippen LogP contribution in [0.25, 0.3) is 0 Å². The van der Waals surface area contributed by atoms with Gasteiger partial charge in [0.2, 0.25) is 5.91 Å². The van der Waals surface area contributed by atoms with Crippen molar-refractivity contribution in [2.75, 3.05) is 12.8 Å². The lowest BCUT2D eigenvalue weighted by Gasteiger charge is -2.20. The molecule has 1 aromatic carbocycles. The molecule has 0 aliphatic carbocycles. The van der Waals surface area contributed by atoms with E-state index in [2.05, 4.69) is 4.98 Å². The third-order valence-corrected chi connectivity index (χ3v) is 4.36. The van der Waals surface area contributed by atoms with Crippen LogP contribution in [0.5, 0.6) is 0 Å². The number of hydrogen-bond donors (Lipinski definition) is 0. The number of nitrogens with zero attached hydrogens (tertiary/aromatic N) is 2. The molecule has 1 amide bonds. The van der Waals surface area contributed by atoms with Gasteiger partial charge in [-0.3, -0.25) is 9.78 Å². The molecule has 24 heavy (non-hydrogen) atoms. The maximum Gasteiger partial charge on any atom is 0.416 e. The summed E-state index contributed by atoms with van der Waals surface area (Å²) in [5.74, 6) is 0.632. The second-order valence-corrected chi connectivity index (χ2v) is 6.24. The molecule has 0 saturated carbocycles. The first-order valence-corrected chi connectivity index (χ1v) is 8.39. The Labute approximate surface area is 142 Å². The maximum atomic E-state index is 13.0. The first-order valence-electron chi connectivity index (χ1n) is 7.23. The molecule has 0 atom stereocenters. The number of aromatic nitrogens is 1. The monoisotopic (exact) mass is 354 g/mol. The molecule has 0 saturated heterocycles. The van der Waals surface area contributed by atoms with Gasteiger partial charge in [0.05, 0.1) is 11.3 Å². The van der Waals surface area contributed by atoms with Crippen molar-refractivity contribution >= 4 is 17.7 Å². The number of amides is 1. The molecule has 0 bridgehead atoms. The van der Waals surface area contributed by atoms with Crippen LogP contribution >= 0.6 is 11.8 Å². The minimum absolute atomic E-state index is 0.0675. The Kier molecular flexibility index (Phi) is 6.25. The van der Waals surface area contributed by atoms with Crippen LogP contribution < -0.4 is 0 Å². The van der Waals surface area contributed by atoms with E-state index < -0.39 is 11.7 Å². The number of alkyl halides is 3. The zero-order valence-corrected chi connectivity index (χ0v) is 13.9. The van der Waals surface area contributed by atoms with E-state index in [-0.39, 0.29) is 23.8 Å². The fourth-order valence-electron chi connectivity index (χ4n) is 2.13. The van der Waals surface area contributed by atoms with E-state index >= 15 is 0 Å². The van der Waals surface area contributed by atoms with E-state index in [1.54, 1.807) is 18.5 Å². The molecule has 128 valence electrons. The van der Waals surface area contributed by atoms with Crippen LogP contribution in [0.4, 0.5) is 13.2 Å². The van der Waals surface area contributed by atoms with Crippen molar-refractivity contribution in [3.05, 3.63) is 65.5 Å². The zero-order valence-electron chi connectivity index (χ0n) is 13.1. The minimum Gasteiger partial charge on any atom is -0.341 e. The van der Waals surface area contributed by atoms with E-state index in [1.165, 1.54) is 35.8 Å². The number of hydrogen-bond acceptors (Lipinski definition) is 3. The standard InChI is InChI=1S/C17H17F3N2OS/c1-22(10-14-6-2-3-7-15(14)17(18,19)20)16(23)12-24-11-13-5-4-8-21-9-13/h2-9H,10-12H2,1H3. The second kappa shape index (κ2) is 8.19. The summed E-state index contributed by atoms with van der Waals surface area (Å²) in [6.45, 7) is -0.0675. The normalized spacial score (nSPS) is 11.3. The van der Waals surface area contributed by atoms with Crippen molar-refractivity contribution in [1.29, 1.82) is 0 Å². The van der Waals surface area contributed by atoms with Gasteiger partial charge < -0.3 is 4.90 Å². The van der Waals surface area contributed by atoms with E-state index in [9.17, 15) is 18.0 Å². The Hall–Kier alpha value is -2.02. The van der Waals surface area contributed by atoms with E-state index in [1.807, 2.05) is 12.1 Å². The average molecular weight is 354 g/mol. The topological polar surface area (TPSA) is 33.2 Å². The summed E-state index contributed by atoms with van der Waals surface area (Å²) in [7, 11) is 1.51. The number of halogens is 3. The lowest BCUT2D eigenvalue weighted by Crippen LogP contribution is -2.29. The molecule has 0 spiro atoms. The van der Waals surface area contributed by atoms with Crippen molar-refractivity contribution in [2.45, 2.75) is 18.5 Å². The van der Waals surface area contributed by atoms with E-state index in [4.69, 9.17) is 0 Å². The predicted octanol–water partition coefficient (Wildman–Crippen LogP) is 3.99. The van der Waals surface area contributed by atoms with Crippen molar-refractivity contribution in [1.82, 2.24) is 9.88 Å². The molecule has 2 rings (SSSR count). The van der Waals surface area contributed by atoms with Crippen LogP contribution in [0.3, 0.4) is 0 Å². The molecule has 2 aromatic rings. The van der Waals surface area contributed by atoms with Gasteiger partial charge in [-0.25, -0.2) is 0 Å². The van der Waals surface area contributed by atoms with Crippen molar-refractivity contribution in [3.8, 4) is 0 Å². The number of benzene rings is 1.